The lowest BCUT2D eigenvalue weighted by atomic mass is 10.0. The van der Waals surface area contributed by atoms with Crippen LogP contribution in [0.3, 0.4) is 0 Å². The van der Waals surface area contributed by atoms with Gasteiger partial charge in [0.2, 0.25) is 5.91 Å². The third-order valence-corrected chi connectivity index (χ3v) is 4.71. The van der Waals surface area contributed by atoms with E-state index in [1.54, 1.807) is 18.7 Å². The van der Waals surface area contributed by atoms with Gasteiger partial charge in [0.25, 0.3) is 0 Å². The fraction of sp³-hybridized carbons (Fsp3) is 0.833. The van der Waals surface area contributed by atoms with Crippen molar-refractivity contribution in [2.24, 2.45) is 0 Å². The lowest BCUT2D eigenvalue weighted by molar-refractivity contribution is -0.142. The van der Waals surface area contributed by atoms with Gasteiger partial charge in [-0.1, -0.05) is 13.8 Å². The molecule has 0 aromatic heterocycles. The van der Waals surface area contributed by atoms with Gasteiger partial charge in [-0.3, -0.25) is 9.59 Å². The summed E-state index contributed by atoms with van der Waals surface area (Å²) >= 11 is 1.74. The van der Waals surface area contributed by atoms with Crippen molar-refractivity contribution in [3.63, 3.8) is 0 Å². The number of piperidine rings is 1. The van der Waals surface area contributed by atoms with Crippen LogP contribution in [-0.2, 0) is 9.59 Å². The Morgan fingerprint density at radius 2 is 2.18 bits per heavy atom. The smallest absolute Gasteiger partial charge is 0.241 e. The molecule has 3 atom stereocenters. The zero-order chi connectivity index (χ0) is 12.6. The van der Waals surface area contributed by atoms with Crippen LogP contribution in [-0.4, -0.2) is 45.8 Å². The molecular weight excluding hydrogens is 236 g/mol. The van der Waals surface area contributed by atoms with Crippen LogP contribution in [0.25, 0.3) is 0 Å². The highest BCUT2D eigenvalue weighted by Crippen LogP contribution is 2.36. The fourth-order valence-electron chi connectivity index (χ4n) is 2.56. The number of hydrogen-bond acceptors (Lipinski definition) is 4. The zero-order valence-electron chi connectivity index (χ0n) is 10.6. The van der Waals surface area contributed by atoms with Crippen LogP contribution in [0, 0.1) is 0 Å². The van der Waals surface area contributed by atoms with Gasteiger partial charge in [-0.25, -0.2) is 0 Å². The topological polar surface area (TPSA) is 49.4 Å². The molecule has 17 heavy (non-hydrogen) atoms. The number of ketones is 1. The molecule has 0 bridgehead atoms. The maximum atomic E-state index is 12.4. The highest BCUT2D eigenvalue weighted by atomic mass is 32.2. The van der Waals surface area contributed by atoms with Gasteiger partial charge in [0.15, 0.2) is 5.78 Å². The Balaban J connectivity index is 2.11. The first-order chi connectivity index (χ1) is 8.00. The minimum Gasteiger partial charge on any atom is -0.318 e. The first-order valence-corrected chi connectivity index (χ1v) is 7.26. The number of nitrogens with zero attached hydrogens (tertiary/aromatic N) is 1. The minimum atomic E-state index is -0.200. The van der Waals surface area contributed by atoms with Crippen molar-refractivity contribution in [3.8, 4) is 0 Å². The van der Waals surface area contributed by atoms with Crippen LogP contribution in [0.4, 0.5) is 0 Å². The summed E-state index contributed by atoms with van der Waals surface area (Å²) in [5, 5.41) is 3.52. The molecule has 96 valence electrons. The maximum Gasteiger partial charge on any atom is 0.241 e. The second kappa shape index (κ2) is 4.98. The Bertz CT molecular complexity index is 332. The zero-order valence-corrected chi connectivity index (χ0v) is 11.4. The van der Waals surface area contributed by atoms with Gasteiger partial charge >= 0.3 is 0 Å². The molecule has 0 aromatic carbocycles. The van der Waals surface area contributed by atoms with E-state index in [1.807, 2.05) is 18.7 Å². The number of carbonyl (C=O) groups excluding carboxylic acids is 2. The molecule has 2 aliphatic rings. The predicted octanol–water partition coefficient (Wildman–Crippen LogP) is 1.01. The number of amides is 1. The van der Waals surface area contributed by atoms with Gasteiger partial charge in [-0.05, 0) is 19.8 Å². The van der Waals surface area contributed by atoms with E-state index in [1.165, 1.54) is 0 Å². The highest BCUT2D eigenvalue weighted by molar-refractivity contribution is 8.00. The van der Waals surface area contributed by atoms with Crippen molar-refractivity contribution < 1.29 is 9.59 Å². The van der Waals surface area contributed by atoms with Gasteiger partial charge in [0.1, 0.15) is 6.04 Å². The molecule has 1 N–H and O–H groups in total. The quantitative estimate of drug-likeness (QED) is 0.818. The Labute approximate surface area is 106 Å². The second-order valence-corrected chi connectivity index (χ2v) is 6.32. The molecule has 0 saturated carbocycles. The molecule has 2 saturated heterocycles. The normalized spacial score (nSPS) is 33.1. The van der Waals surface area contributed by atoms with Crippen molar-refractivity contribution in [1.82, 2.24) is 10.2 Å². The molecule has 0 aliphatic carbocycles. The number of Topliss-reactive ketones (excluding diaryl/α,β-unsaturated/α-hetero) is 1. The van der Waals surface area contributed by atoms with E-state index >= 15 is 0 Å². The van der Waals surface area contributed by atoms with E-state index in [9.17, 15) is 9.59 Å². The molecule has 0 aromatic rings. The van der Waals surface area contributed by atoms with Crippen LogP contribution in [0.15, 0.2) is 0 Å². The molecule has 0 unspecified atom stereocenters. The van der Waals surface area contributed by atoms with Crippen molar-refractivity contribution in [2.45, 2.75) is 57.1 Å². The van der Waals surface area contributed by atoms with Crippen molar-refractivity contribution in [3.05, 3.63) is 0 Å². The molecule has 5 heteroatoms. The van der Waals surface area contributed by atoms with Crippen molar-refractivity contribution in [1.29, 1.82) is 0 Å². The lowest BCUT2D eigenvalue weighted by Gasteiger charge is -2.37. The molecule has 0 radical (unpaired) electrons. The summed E-state index contributed by atoms with van der Waals surface area (Å²) in [6.45, 7) is 5.67. The third-order valence-electron chi connectivity index (χ3n) is 3.35. The summed E-state index contributed by atoms with van der Waals surface area (Å²) in [4.78, 5) is 25.7. The Morgan fingerprint density at radius 3 is 2.76 bits per heavy atom. The summed E-state index contributed by atoms with van der Waals surface area (Å²) in [5.41, 5.74) is 0. The highest BCUT2D eigenvalue weighted by Gasteiger charge is 2.45. The molecule has 0 spiro atoms. The summed E-state index contributed by atoms with van der Waals surface area (Å²) in [7, 11) is 0. The van der Waals surface area contributed by atoms with Gasteiger partial charge in [-0.2, -0.15) is 0 Å². The van der Waals surface area contributed by atoms with Crippen LogP contribution >= 0.6 is 11.8 Å². The molecular formula is C12H20N2O2S. The fourth-order valence-corrected chi connectivity index (χ4v) is 4.08. The third kappa shape index (κ3) is 2.50. The molecule has 1 amide bonds. The first kappa shape index (κ1) is 12.9. The van der Waals surface area contributed by atoms with Gasteiger partial charge < -0.3 is 10.2 Å². The van der Waals surface area contributed by atoms with E-state index in [0.29, 0.717) is 6.04 Å². The van der Waals surface area contributed by atoms with Crippen LogP contribution < -0.4 is 5.32 Å². The van der Waals surface area contributed by atoms with Crippen molar-refractivity contribution >= 4 is 23.5 Å². The van der Waals surface area contributed by atoms with E-state index in [0.717, 1.165) is 18.6 Å². The summed E-state index contributed by atoms with van der Waals surface area (Å²) in [6, 6.07) is -0.00686. The molecule has 2 aliphatic heterocycles. The van der Waals surface area contributed by atoms with Gasteiger partial charge in [0, 0.05) is 11.8 Å². The Hall–Kier alpha value is -0.550. The number of nitrogens with one attached hydrogen (secondary N) is 1. The maximum absolute atomic E-state index is 12.4. The SMILES string of the molecule is CC(=O)[C@H]1CS[C@@H]2CC[C@@H](NC(C)C)C(=O)N12. The summed E-state index contributed by atoms with van der Waals surface area (Å²) in [5.74, 6) is 0.985. The monoisotopic (exact) mass is 256 g/mol. The van der Waals surface area contributed by atoms with Crippen LogP contribution in [0.5, 0.6) is 0 Å². The van der Waals surface area contributed by atoms with E-state index in [-0.39, 0.29) is 29.1 Å². The number of fused-ring (bicyclic) bond motifs is 1. The number of thioether (sulfide) groups is 1. The Kier molecular flexibility index (Phi) is 3.78. The summed E-state index contributed by atoms with van der Waals surface area (Å²) < 4.78 is 0. The molecule has 2 rings (SSSR count). The number of hydrogen-bond donors (Lipinski definition) is 1. The van der Waals surface area contributed by atoms with Crippen LogP contribution in [0.1, 0.15) is 33.6 Å². The summed E-state index contributed by atoms with van der Waals surface area (Å²) in [6.07, 6.45) is 1.88. The molecule has 2 heterocycles. The van der Waals surface area contributed by atoms with E-state index in [4.69, 9.17) is 0 Å². The minimum absolute atomic E-state index is 0.105. The first-order valence-electron chi connectivity index (χ1n) is 6.21. The second-order valence-electron chi connectivity index (χ2n) is 5.11. The van der Waals surface area contributed by atoms with Crippen LogP contribution in [0.2, 0.25) is 0 Å². The average molecular weight is 256 g/mol. The average Bonchev–Trinajstić information content (AvgIpc) is 2.66. The molecule has 4 nitrogen and oxygen atoms in total. The number of carbonyl (C=O) groups is 2. The van der Waals surface area contributed by atoms with Gasteiger partial charge in [-0.15, -0.1) is 11.8 Å². The largest absolute Gasteiger partial charge is 0.318 e. The number of rotatable bonds is 3. The van der Waals surface area contributed by atoms with E-state index in [2.05, 4.69) is 5.32 Å². The van der Waals surface area contributed by atoms with Gasteiger partial charge in [0.05, 0.1) is 11.4 Å². The lowest BCUT2D eigenvalue weighted by Crippen LogP contribution is -2.57. The standard InChI is InChI=1S/C12H20N2O2S/c1-7(2)13-9-4-5-11-14(12(9)16)10(6-17-11)8(3)15/h7,9-11,13H,4-6H2,1-3H3/t9-,10-,11-/m1/s1. The predicted molar refractivity (Wildman–Crippen MR) is 68.9 cm³/mol. The molecule has 2 fully saturated rings. The Morgan fingerprint density at radius 1 is 1.47 bits per heavy atom. The van der Waals surface area contributed by atoms with E-state index < -0.39 is 0 Å². The van der Waals surface area contributed by atoms with Crippen molar-refractivity contribution in [2.75, 3.05) is 5.75 Å².